The van der Waals surface area contributed by atoms with E-state index in [0.717, 1.165) is 54.9 Å². The fourth-order valence-corrected chi connectivity index (χ4v) is 5.93. The number of benzene rings is 3. The van der Waals surface area contributed by atoms with Gasteiger partial charge in [0.15, 0.2) is 0 Å². The van der Waals surface area contributed by atoms with Gasteiger partial charge in [-0.1, -0.05) is 60.1 Å². The van der Waals surface area contributed by atoms with Gasteiger partial charge in [-0.2, -0.15) is 5.10 Å². The molecule has 0 amide bonds. The largest absolute Gasteiger partial charge is 0.298 e. The van der Waals surface area contributed by atoms with Crippen LogP contribution in [-0.2, 0) is 20.0 Å². The van der Waals surface area contributed by atoms with Crippen molar-refractivity contribution in [2.45, 2.75) is 25.4 Å². The molecule has 178 valence electrons. The van der Waals surface area contributed by atoms with E-state index in [9.17, 15) is 0 Å². The lowest BCUT2D eigenvalue weighted by Crippen LogP contribution is -2.45. The Balaban J connectivity index is 1.30. The quantitative estimate of drug-likeness (QED) is 0.354. The smallest absolute Gasteiger partial charge is 0.0685 e. The highest BCUT2D eigenvalue weighted by Gasteiger charge is 2.27. The molecule has 0 saturated heterocycles. The SMILES string of the molecule is CN1CC=C(c2ccc(Cl)cc2-c2cccc3c2cnn3C)CC1CN1CCc2ccccc2C1. The lowest BCUT2D eigenvalue weighted by Gasteiger charge is -2.38. The van der Waals surface area contributed by atoms with Crippen LogP contribution in [0.1, 0.15) is 23.1 Å². The van der Waals surface area contributed by atoms with Crippen LogP contribution in [0.5, 0.6) is 0 Å². The summed E-state index contributed by atoms with van der Waals surface area (Å²) in [4.78, 5) is 5.13. The van der Waals surface area contributed by atoms with Gasteiger partial charge in [0.25, 0.3) is 0 Å². The fraction of sp³-hybridized carbons (Fsp3) is 0.300. The molecule has 0 fully saturated rings. The minimum absolute atomic E-state index is 0.484. The minimum Gasteiger partial charge on any atom is -0.298 e. The Morgan fingerprint density at radius 2 is 1.80 bits per heavy atom. The van der Waals surface area contributed by atoms with Gasteiger partial charge in [0.1, 0.15) is 0 Å². The number of aromatic nitrogens is 2. The second-order valence-electron chi connectivity index (χ2n) is 9.98. The van der Waals surface area contributed by atoms with Crippen molar-refractivity contribution in [1.82, 2.24) is 19.6 Å². The Bertz CT molecular complexity index is 1420. The van der Waals surface area contributed by atoms with E-state index in [-0.39, 0.29) is 0 Å². The van der Waals surface area contributed by atoms with E-state index in [2.05, 4.69) is 82.6 Å². The minimum atomic E-state index is 0.484. The summed E-state index contributed by atoms with van der Waals surface area (Å²) in [6.45, 7) is 4.23. The third-order valence-corrected chi connectivity index (χ3v) is 8.03. The topological polar surface area (TPSA) is 24.3 Å². The summed E-state index contributed by atoms with van der Waals surface area (Å²) < 4.78 is 1.94. The molecular formula is C30H31ClN4. The van der Waals surface area contributed by atoms with E-state index < -0.39 is 0 Å². The highest BCUT2D eigenvalue weighted by Crippen LogP contribution is 2.38. The molecule has 1 atom stereocenters. The first-order chi connectivity index (χ1) is 17.1. The molecule has 3 aromatic carbocycles. The predicted molar refractivity (Wildman–Crippen MR) is 146 cm³/mol. The van der Waals surface area contributed by atoms with Gasteiger partial charge in [0.2, 0.25) is 0 Å². The van der Waals surface area contributed by atoms with Crippen molar-refractivity contribution in [3.63, 3.8) is 0 Å². The van der Waals surface area contributed by atoms with E-state index >= 15 is 0 Å². The summed E-state index contributed by atoms with van der Waals surface area (Å²) >= 11 is 6.53. The average molecular weight is 483 g/mol. The highest BCUT2D eigenvalue weighted by molar-refractivity contribution is 6.31. The van der Waals surface area contributed by atoms with Gasteiger partial charge in [-0.15, -0.1) is 0 Å². The van der Waals surface area contributed by atoms with Crippen molar-refractivity contribution in [3.8, 4) is 11.1 Å². The van der Waals surface area contributed by atoms with Crippen molar-refractivity contribution in [2.75, 3.05) is 26.7 Å². The summed E-state index contributed by atoms with van der Waals surface area (Å²) in [6, 6.07) is 22.2. The van der Waals surface area contributed by atoms with Crippen molar-refractivity contribution >= 4 is 28.1 Å². The van der Waals surface area contributed by atoms with Crippen LogP contribution < -0.4 is 0 Å². The van der Waals surface area contributed by atoms with Gasteiger partial charge in [-0.3, -0.25) is 14.5 Å². The molecular weight excluding hydrogens is 452 g/mol. The average Bonchev–Trinajstić information content (AvgIpc) is 3.26. The Labute approximate surface area is 212 Å². The predicted octanol–water partition coefficient (Wildman–Crippen LogP) is 6.04. The van der Waals surface area contributed by atoms with Gasteiger partial charge < -0.3 is 0 Å². The summed E-state index contributed by atoms with van der Waals surface area (Å²) in [5, 5.41) is 6.43. The summed E-state index contributed by atoms with van der Waals surface area (Å²) in [7, 11) is 4.25. The Morgan fingerprint density at radius 1 is 0.943 bits per heavy atom. The zero-order chi connectivity index (χ0) is 23.9. The van der Waals surface area contributed by atoms with Crippen molar-refractivity contribution in [1.29, 1.82) is 0 Å². The van der Waals surface area contributed by atoms with E-state index in [1.165, 1.54) is 33.4 Å². The zero-order valence-electron chi connectivity index (χ0n) is 20.4. The molecule has 2 aliphatic heterocycles. The van der Waals surface area contributed by atoms with Crippen molar-refractivity contribution < 1.29 is 0 Å². The number of hydrogen-bond donors (Lipinski definition) is 0. The summed E-state index contributed by atoms with van der Waals surface area (Å²) in [5.41, 5.74) is 9.21. The van der Waals surface area contributed by atoms with Gasteiger partial charge in [0.05, 0.1) is 11.7 Å². The van der Waals surface area contributed by atoms with E-state index in [0.29, 0.717) is 6.04 Å². The Hall–Kier alpha value is -2.92. The molecule has 4 aromatic rings. The van der Waals surface area contributed by atoms with Gasteiger partial charge >= 0.3 is 0 Å². The van der Waals surface area contributed by atoms with E-state index in [1.807, 2.05) is 24.0 Å². The number of aryl methyl sites for hydroxylation is 1. The number of fused-ring (bicyclic) bond motifs is 2. The zero-order valence-corrected chi connectivity index (χ0v) is 21.2. The molecule has 35 heavy (non-hydrogen) atoms. The molecule has 1 unspecified atom stereocenters. The first-order valence-electron chi connectivity index (χ1n) is 12.5. The number of rotatable bonds is 4. The highest BCUT2D eigenvalue weighted by atomic mass is 35.5. The third-order valence-electron chi connectivity index (χ3n) is 7.79. The molecule has 3 heterocycles. The molecule has 0 radical (unpaired) electrons. The first kappa shape index (κ1) is 22.5. The number of hydrogen-bond acceptors (Lipinski definition) is 3. The van der Waals surface area contributed by atoms with Crippen LogP contribution >= 0.6 is 11.6 Å². The molecule has 0 aliphatic carbocycles. The number of likely N-dealkylation sites (N-methyl/N-ethyl adjacent to an activating group) is 1. The normalized spacial score (nSPS) is 19.1. The van der Waals surface area contributed by atoms with Crippen molar-refractivity contribution in [3.05, 3.63) is 94.6 Å². The molecule has 2 aliphatic rings. The molecule has 6 rings (SSSR count). The molecule has 0 bridgehead atoms. The van der Waals surface area contributed by atoms with Crippen LogP contribution in [0.25, 0.3) is 27.6 Å². The lowest BCUT2D eigenvalue weighted by molar-refractivity contribution is 0.159. The van der Waals surface area contributed by atoms with E-state index in [1.54, 1.807) is 0 Å². The van der Waals surface area contributed by atoms with Crippen LogP contribution in [0.15, 0.2) is 72.9 Å². The molecule has 0 saturated carbocycles. The standard InChI is InChI=1S/C30H31ClN4/c1-33-14-12-22(16-25(33)20-35-15-13-21-6-3-4-7-23(21)19-35)26-11-10-24(31)17-28(26)27-8-5-9-30-29(27)18-32-34(30)2/h3-12,17-18,25H,13-16,19-20H2,1-2H3. The second kappa shape index (κ2) is 9.27. The maximum atomic E-state index is 6.53. The van der Waals surface area contributed by atoms with Crippen LogP contribution in [0.4, 0.5) is 0 Å². The van der Waals surface area contributed by atoms with Crippen molar-refractivity contribution in [2.24, 2.45) is 7.05 Å². The molecule has 0 N–H and O–H groups in total. The maximum Gasteiger partial charge on any atom is 0.0685 e. The summed E-state index contributed by atoms with van der Waals surface area (Å²) in [6.07, 6.45) is 6.55. The monoisotopic (exact) mass is 482 g/mol. The molecule has 5 heteroatoms. The lowest BCUT2D eigenvalue weighted by atomic mass is 9.87. The fourth-order valence-electron chi connectivity index (χ4n) is 5.76. The maximum absolute atomic E-state index is 6.53. The molecule has 4 nitrogen and oxygen atoms in total. The molecule has 1 aromatic heterocycles. The van der Waals surface area contributed by atoms with Crippen LogP contribution in [-0.4, -0.2) is 52.3 Å². The van der Waals surface area contributed by atoms with Gasteiger partial charge in [-0.25, -0.2) is 0 Å². The second-order valence-corrected chi connectivity index (χ2v) is 10.4. The van der Waals surface area contributed by atoms with E-state index in [4.69, 9.17) is 11.6 Å². The van der Waals surface area contributed by atoms with Crippen LogP contribution in [0.3, 0.4) is 0 Å². The van der Waals surface area contributed by atoms with Gasteiger partial charge in [0, 0.05) is 49.7 Å². The first-order valence-corrected chi connectivity index (χ1v) is 12.8. The summed E-state index contributed by atoms with van der Waals surface area (Å²) in [5.74, 6) is 0. The number of halogens is 1. The Kier molecular flexibility index (Phi) is 5.97. The Morgan fingerprint density at radius 3 is 2.69 bits per heavy atom. The third kappa shape index (κ3) is 4.31. The van der Waals surface area contributed by atoms with Gasteiger partial charge in [-0.05, 0) is 71.5 Å². The molecule has 0 spiro atoms. The van der Waals surface area contributed by atoms with Crippen LogP contribution in [0, 0.1) is 0 Å². The van der Waals surface area contributed by atoms with Crippen LogP contribution in [0.2, 0.25) is 5.02 Å². The number of nitrogens with zero attached hydrogens (tertiary/aromatic N) is 4.